The molecule has 0 aliphatic heterocycles. The molecule has 0 unspecified atom stereocenters. The quantitative estimate of drug-likeness (QED) is 0.0775. The number of aliphatic imine (C=N–C) groups is 1. The Kier molecular flexibility index (Phi) is 10.3. The Morgan fingerprint density at radius 2 is 1.22 bits per heavy atom. The molecule has 5 aromatic carbocycles. The molecule has 0 bridgehead atoms. The first-order valence-corrected chi connectivity index (χ1v) is 16.0. The molecule has 0 atom stereocenters. The minimum atomic E-state index is 0.147. The van der Waals surface area contributed by atoms with Crippen LogP contribution in [0.1, 0.15) is 34.4 Å². The van der Waals surface area contributed by atoms with Crippen LogP contribution in [0.4, 0.5) is 0 Å². The predicted molar refractivity (Wildman–Crippen MR) is 191 cm³/mol. The van der Waals surface area contributed by atoms with Gasteiger partial charge in [0, 0.05) is 52.0 Å². The van der Waals surface area contributed by atoms with E-state index in [0.29, 0.717) is 6.54 Å². The summed E-state index contributed by atoms with van der Waals surface area (Å²) < 4.78 is 0. The Balaban J connectivity index is 1.17. The van der Waals surface area contributed by atoms with Crippen molar-refractivity contribution >= 4 is 27.5 Å². The van der Waals surface area contributed by atoms with Gasteiger partial charge in [-0.05, 0) is 68.4 Å². The average Bonchev–Trinajstić information content (AvgIpc) is 3.08. The van der Waals surface area contributed by atoms with Gasteiger partial charge in [0.2, 0.25) is 0 Å². The van der Waals surface area contributed by atoms with E-state index >= 15 is 0 Å². The molecule has 1 heterocycles. The lowest BCUT2D eigenvalue weighted by Crippen LogP contribution is -2.26. The maximum absolute atomic E-state index is 5.58. The molecular formula is C40H42N6. The number of rotatable bonds is 14. The molecule has 0 spiro atoms. The zero-order chi connectivity index (χ0) is 31.6. The van der Waals surface area contributed by atoms with Crippen LogP contribution in [0.2, 0.25) is 0 Å². The van der Waals surface area contributed by atoms with Crippen LogP contribution in [0.3, 0.4) is 0 Å². The van der Waals surface area contributed by atoms with E-state index in [-0.39, 0.29) is 5.96 Å². The van der Waals surface area contributed by atoms with Gasteiger partial charge in [0.1, 0.15) is 0 Å². The Morgan fingerprint density at radius 3 is 1.98 bits per heavy atom. The number of benzene rings is 5. The Bertz CT molecular complexity index is 1870. The summed E-state index contributed by atoms with van der Waals surface area (Å²) in [6.07, 6.45) is 2.76. The van der Waals surface area contributed by atoms with Crippen LogP contribution >= 0.6 is 0 Å². The molecule has 0 amide bonds. The van der Waals surface area contributed by atoms with Gasteiger partial charge in [-0.3, -0.25) is 19.8 Å². The van der Waals surface area contributed by atoms with Crippen molar-refractivity contribution in [3.05, 3.63) is 162 Å². The monoisotopic (exact) mass is 606 g/mol. The molecule has 0 saturated heterocycles. The highest BCUT2D eigenvalue weighted by Crippen LogP contribution is 2.22. The standard InChI is InChI=1S/C40H42N6/c41-40(42)44-23-8-24-45(29-37-13-7-12-35-10-3-4-15-39(35)37)26-31-16-18-32(19-17-31)27-46(30-38-14-5-6-22-43-38)28-33-20-21-34-9-1-2-11-36(34)25-33/h1-7,9-22,25H,8,23-24,26-30H2,(H4,41,42,44). The first kappa shape index (κ1) is 31.0. The summed E-state index contributed by atoms with van der Waals surface area (Å²) in [5.74, 6) is 0.147. The first-order valence-electron chi connectivity index (χ1n) is 16.0. The number of nitrogens with two attached hydrogens (primary N) is 2. The molecule has 1 aromatic heterocycles. The smallest absolute Gasteiger partial charge is 0.185 e. The van der Waals surface area contributed by atoms with E-state index in [1.807, 2.05) is 12.3 Å². The summed E-state index contributed by atoms with van der Waals surface area (Å²) in [5, 5.41) is 5.11. The Hall–Kier alpha value is -5.04. The molecule has 46 heavy (non-hydrogen) atoms. The van der Waals surface area contributed by atoms with E-state index in [1.165, 1.54) is 43.8 Å². The average molecular weight is 607 g/mol. The lowest BCUT2D eigenvalue weighted by atomic mass is 10.0. The molecule has 6 aromatic rings. The van der Waals surface area contributed by atoms with E-state index in [9.17, 15) is 0 Å². The lowest BCUT2D eigenvalue weighted by Gasteiger charge is -2.24. The normalized spacial score (nSPS) is 11.4. The van der Waals surface area contributed by atoms with E-state index in [1.54, 1.807) is 0 Å². The molecule has 6 rings (SSSR count). The molecule has 0 saturated carbocycles. The van der Waals surface area contributed by atoms with Crippen molar-refractivity contribution in [3.63, 3.8) is 0 Å². The lowest BCUT2D eigenvalue weighted by molar-refractivity contribution is 0.244. The Morgan fingerprint density at radius 1 is 0.565 bits per heavy atom. The molecular weight excluding hydrogens is 564 g/mol. The third-order valence-electron chi connectivity index (χ3n) is 8.37. The zero-order valence-electron chi connectivity index (χ0n) is 26.3. The minimum Gasteiger partial charge on any atom is -0.370 e. The van der Waals surface area contributed by atoms with Crippen molar-refractivity contribution in [1.29, 1.82) is 0 Å². The summed E-state index contributed by atoms with van der Waals surface area (Å²) in [5.41, 5.74) is 17.4. The summed E-state index contributed by atoms with van der Waals surface area (Å²) in [7, 11) is 0. The fourth-order valence-electron chi connectivity index (χ4n) is 6.14. The maximum atomic E-state index is 5.58. The summed E-state index contributed by atoms with van der Waals surface area (Å²) in [6, 6.07) is 45.7. The highest BCUT2D eigenvalue weighted by atomic mass is 15.1. The third-order valence-corrected chi connectivity index (χ3v) is 8.37. The molecule has 4 N–H and O–H groups in total. The number of nitrogens with zero attached hydrogens (tertiary/aromatic N) is 4. The van der Waals surface area contributed by atoms with Crippen LogP contribution in [0.15, 0.2) is 139 Å². The number of hydrogen-bond acceptors (Lipinski definition) is 4. The molecule has 232 valence electrons. The minimum absolute atomic E-state index is 0.147. The first-order chi connectivity index (χ1) is 22.6. The molecule has 6 nitrogen and oxygen atoms in total. The molecule has 0 fully saturated rings. The molecule has 0 aliphatic carbocycles. The van der Waals surface area contributed by atoms with E-state index in [0.717, 1.165) is 51.4 Å². The van der Waals surface area contributed by atoms with Gasteiger partial charge in [-0.2, -0.15) is 0 Å². The topological polar surface area (TPSA) is 83.8 Å². The van der Waals surface area contributed by atoms with Crippen LogP contribution in [-0.4, -0.2) is 33.8 Å². The van der Waals surface area contributed by atoms with Gasteiger partial charge in [-0.15, -0.1) is 0 Å². The van der Waals surface area contributed by atoms with Gasteiger partial charge in [0.05, 0.1) is 5.69 Å². The SMILES string of the molecule is NC(N)=NCCCN(Cc1ccc(CN(Cc2ccc3ccccc3c2)Cc2ccccn2)cc1)Cc1cccc2ccccc12. The highest BCUT2D eigenvalue weighted by molar-refractivity contribution is 5.85. The van der Waals surface area contributed by atoms with Crippen LogP contribution in [0.5, 0.6) is 0 Å². The number of fused-ring (bicyclic) bond motifs is 2. The maximum Gasteiger partial charge on any atom is 0.185 e. The number of hydrogen-bond donors (Lipinski definition) is 2. The fraction of sp³-hybridized carbons (Fsp3) is 0.200. The fourth-order valence-corrected chi connectivity index (χ4v) is 6.14. The van der Waals surface area contributed by atoms with Crippen LogP contribution in [0, 0.1) is 0 Å². The van der Waals surface area contributed by atoms with E-state index in [4.69, 9.17) is 11.5 Å². The largest absolute Gasteiger partial charge is 0.370 e. The predicted octanol–water partition coefficient (Wildman–Crippen LogP) is 7.26. The number of aromatic nitrogens is 1. The third kappa shape index (κ3) is 8.57. The van der Waals surface area contributed by atoms with Crippen molar-refractivity contribution in [2.75, 3.05) is 13.1 Å². The van der Waals surface area contributed by atoms with Crippen molar-refractivity contribution in [2.45, 2.75) is 39.1 Å². The summed E-state index contributed by atoms with van der Waals surface area (Å²) >= 11 is 0. The Labute approximate surface area is 272 Å². The van der Waals surface area contributed by atoms with Gasteiger partial charge >= 0.3 is 0 Å². The van der Waals surface area contributed by atoms with Crippen LogP contribution < -0.4 is 11.5 Å². The second-order valence-corrected chi connectivity index (χ2v) is 12.0. The summed E-state index contributed by atoms with van der Waals surface area (Å²) in [6.45, 7) is 5.68. The van der Waals surface area contributed by atoms with E-state index < -0.39 is 0 Å². The molecule has 0 aliphatic rings. The van der Waals surface area contributed by atoms with Crippen LogP contribution in [0.25, 0.3) is 21.5 Å². The summed E-state index contributed by atoms with van der Waals surface area (Å²) in [4.78, 5) is 13.8. The second-order valence-electron chi connectivity index (χ2n) is 12.0. The number of pyridine rings is 1. The molecule has 6 heteroatoms. The molecule has 0 radical (unpaired) electrons. The van der Waals surface area contributed by atoms with Gasteiger partial charge in [-0.1, -0.05) is 109 Å². The van der Waals surface area contributed by atoms with Crippen molar-refractivity contribution < 1.29 is 0 Å². The van der Waals surface area contributed by atoms with E-state index in [2.05, 4.69) is 141 Å². The van der Waals surface area contributed by atoms with Crippen molar-refractivity contribution in [2.24, 2.45) is 16.5 Å². The van der Waals surface area contributed by atoms with Gasteiger partial charge < -0.3 is 11.5 Å². The van der Waals surface area contributed by atoms with Crippen molar-refractivity contribution in [3.8, 4) is 0 Å². The van der Waals surface area contributed by atoms with Gasteiger partial charge in [-0.25, -0.2) is 0 Å². The van der Waals surface area contributed by atoms with Crippen molar-refractivity contribution in [1.82, 2.24) is 14.8 Å². The van der Waals surface area contributed by atoms with Gasteiger partial charge in [0.25, 0.3) is 0 Å². The zero-order valence-corrected chi connectivity index (χ0v) is 26.3. The number of guanidine groups is 1. The second kappa shape index (κ2) is 15.3. The van der Waals surface area contributed by atoms with Gasteiger partial charge in [0.15, 0.2) is 5.96 Å². The highest BCUT2D eigenvalue weighted by Gasteiger charge is 2.13. The van der Waals surface area contributed by atoms with Crippen LogP contribution in [-0.2, 0) is 32.7 Å².